The monoisotopic (exact) mass is 371 g/mol. The molecule has 0 saturated heterocycles. The van der Waals surface area contributed by atoms with Crippen LogP contribution in [-0.4, -0.2) is 37.1 Å². The number of nitrogens with one attached hydrogen (secondary N) is 2. The molecule has 4 aromatic heterocycles. The van der Waals surface area contributed by atoms with E-state index in [4.69, 9.17) is 4.74 Å². The van der Waals surface area contributed by atoms with Crippen LogP contribution in [0.1, 0.15) is 0 Å². The van der Waals surface area contributed by atoms with Gasteiger partial charge in [0.1, 0.15) is 11.2 Å². The standard InChI is InChI=1S/C20H17N7O/c1-27-16-10-13(23-20-19-15(24-25-20)4-3-9-21-19)6-7-14(16)18(26-27)12-5-8-17(28-2)22-11-12/h3-11H,1-2H3,(H2,23,24,25). The van der Waals surface area contributed by atoms with Crippen LogP contribution in [-0.2, 0) is 7.05 Å². The van der Waals surface area contributed by atoms with E-state index in [9.17, 15) is 0 Å². The van der Waals surface area contributed by atoms with Crippen molar-refractivity contribution in [3.8, 4) is 17.1 Å². The number of nitrogens with zero attached hydrogens (tertiary/aromatic N) is 5. The molecule has 0 aliphatic heterocycles. The molecule has 5 aromatic rings. The van der Waals surface area contributed by atoms with Crippen LogP contribution < -0.4 is 10.1 Å². The summed E-state index contributed by atoms with van der Waals surface area (Å²) in [6, 6.07) is 13.7. The summed E-state index contributed by atoms with van der Waals surface area (Å²) >= 11 is 0. The van der Waals surface area contributed by atoms with Crippen molar-refractivity contribution < 1.29 is 4.74 Å². The largest absolute Gasteiger partial charge is 0.481 e. The molecule has 4 heterocycles. The molecule has 0 bridgehead atoms. The van der Waals surface area contributed by atoms with E-state index in [1.165, 1.54) is 0 Å². The lowest BCUT2D eigenvalue weighted by molar-refractivity contribution is 0.398. The molecule has 8 nitrogen and oxygen atoms in total. The fraction of sp³-hybridized carbons (Fsp3) is 0.100. The average molecular weight is 371 g/mol. The van der Waals surface area contributed by atoms with Crippen LogP contribution in [0.3, 0.4) is 0 Å². The number of aromatic nitrogens is 6. The predicted octanol–water partition coefficient (Wildman–Crippen LogP) is 3.66. The lowest BCUT2D eigenvalue weighted by Gasteiger charge is -2.04. The second kappa shape index (κ2) is 6.34. The van der Waals surface area contributed by atoms with E-state index in [0.29, 0.717) is 11.7 Å². The molecule has 5 rings (SSSR count). The zero-order chi connectivity index (χ0) is 19.1. The van der Waals surface area contributed by atoms with Crippen LogP contribution in [0.25, 0.3) is 33.2 Å². The van der Waals surface area contributed by atoms with Gasteiger partial charge in [0.15, 0.2) is 5.82 Å². The molecule has 28 heavy (non-hydrogen) atoms. The Morgan fingerprint density at radius 1 is 1.11 bits per heavy atom. The lowest BCUT2D eigenvalue weighted by Crippen LogP contribution is -1.94. The Kier molecular flexibility index (Phi) is 3.68. The number of aryl methyl sites for hydroxylation is 1. The Morgan fingerprint density at radius 3 is 2.86 bits per heavy atom. The molecule has 138 valence electrons. The summed E-state index contributed by atoms with van der Waals surface area (Å²) < 4.78 is 7.00. The molecule has 2 N–H and O–H groups in total. The van der Waals surface area contributed by atoms with Crippen molar-refractivity contribution in [3.63, 3.8) is 0 Å². The van der Waals surface area contributed by atoms with Crippen LogP contribution in [0.2, 0.25) is 0 Å². The summed E-state index contributed by atoms with van der Waals surface area (Å²) in [4.78, 5) is 8.67. The third kappa shape index (κ3) is 2.62. The maximum Gasteiger partial charge on any atom is 0.212 e. The number of aromatic amines is 1. The zero-order valence-electron chi connectivity index (χ0n) is 15.3. The van der Waals surface area contributed by atoms with Gasteiger partial charge in [-0.1, -0.05) is 0 Å². The molecule has 0 unspecified atom stereocenters. The summed E-state index contributed by atoms with van der Waals surface area (Å²) in [5.74, 6) is 1.27. The second-order valence-corrected chi connectivity index (χ2v) is 6.39. The second-order valence-electron chi connectivity index (χ2n) is 6.39. The first-order chi connectivity index (χ1) is 13.7. The van der Waals surface area contributed by atoms with Crippen LogP contribution in [0.4, 0.5) is 11.5 Å². The minimum Gasteiger partial charge on any atom is -0.481 e. The summed E-state index contributed by atoms with van der Waals surface area (Å²) in [5.41, 5.74) is 5.43. The third-order valence-corrected chi connectivity index (χ3v) is 4.65. The van der Waals surface area contributed by atoms with Gasteiger partial charge in [-0.3, -0.25) is 14.8 Å². The van der Waals surface area contributed by atoms with Crippen molar-refractivity contribution in [2.75, 3.05) is 12.4 Å². The van der Waals surface area contributed by atoms with E-state index in [-0.39, 0.29) is 0 Å². The van der Waals surface area contributed by atoms with Crippen molar-refractivity contribution in [1.29, 1.82) is 0 Å². The number of hydrogen-bond donors (Lipinski definition) is 2. The maximum absolute atomic E-state index is 5.14. The molecule has 0 saturated carbocycles. The molecular formula is C20H17N7O. The van der Waals surface area contributed by atoms with Crippen LogP contribution in [0.5, 0.6) is 5.88 Å². The van der Waals surface area contributed by atoms with Crippen molar-refractivity contribution in [2.45, 2.75) is 0 Å². The fourth-order valence-electron chi connectivity index (χ4n) is 3.27. The highest BCUT2D eigenvalue weighted by Gasteiger charge is 2.13. The van der Waals surface area contributed by atoms with Crippen LogP contribution in [0, 0.1) is 0 Å². The average Bonchev–Trinajstić information content (AvgIpc) is 3.29. The summed E-state index contributed by atoms with van der Waals surface area (Å²) in [7, 11) is 3.53. The van der Waals surface area contributed by atoms with Crippen LogP contribution >= 0.6 is 0 Å². The van der Waals surface area contributed by atoms with Gasteiger partial charge in [-0.25, -0.2) is 4.98 Å². The van der Waals surface area contributed by atoms with Gasteiger partial charge >= 0.3 is 0 Å². The SMILES string of the molecule is COc1ccc(-c2nn(C)c3cc(Nc4n[nH]c5cccnc45)ccc23)cn1. The van der Waals surface area contributed by atoms with E-state index in [0.717, 1.165) is 38.9 Å². The van der Waals surface area contributed by atoms with E-state index in [1.54, 1.807) is 19.5 Å². The number of ether oxygens (including phenoxy) is 1. The highest BCUT2D eigenvalue weighted by molar-refractivity contribution is 5.96. The summed E-state index contributed by atoms with van der Waals surface area (Å²) in [6.45, 7) is 0. The van der Waals surface area contributed by atoms with Gasteiger partial charge in [-0.05, 0) is 36.4 Å². The Labute approximate surface area is 160 Å². The van der Waals surface area contributed by atoms with E-state index in [2.05, 4.69) is 30.6 Å². The van der Waals surface area contributed by atoms with Gasteiger partial charge in [-0.15, -0.1) is 0 Å². The molecule has 8 heteroatoms. The quantitative estimate of drug-likeness (QED) is 0.501. The first-order valence-electron chi connectivity index (χ1n) is 8.76. The number of fused-ring (bicyclic) bond motifs is 2. The van der Waals surface area contributed by atoms with Crippen molar-refractivity contribution in [2.24, 2.45) is 7.05 Å². The minimum absolute atomic E-state index is 0.579. The Morgan fingerprint density at radius 2 is 2.04 bits per heavy atom. The summed E-state index contributed by atoms with van der Waals surface area (Å²) in [5, 5.41) is 16.4. The van der Waals surface area contributed by atoms with Gasteiger partial charge in [0.2, 0.25) is 5.88 Å². The molecule has 0 radical (unpaired) electrons. The number of H-pyrrole nitrogens is 1. The Bertz CT molecular complexity index is 1290. The number of anilines is 2. The topological polar surface area (TPSA) is 93.5 Å². The smallest absolute Gasteiger partial charge is 0.212 e. The number of pyridine rings is 2. The number of benzene rings is 1. The van der Waals surface area contributed by atoms with Crippen molar-refractivity contribution in [3.05, 3.63) is 54.9 Å². The van der Waals surface area contributed by atoms with E-state index < -0.39 is 0 Å². The molecule has 0 amide bonds. The van der Waals surface area contributed by atoms with Gasteiger partial charge in [0.25, 0.3) is 0 Å². The highest BCUT2D eigenvalue weighted by Crippen LogP contribution is 2.31. The molecule has 0 aliphatic rings. The highest BCUT2D eigenvalue weighted by atomic mass is 16.5. The van der Waals surface area contributed by atoms with Gasteiger partial charge in [-0.2, -0.15) is 10.2 Å². The molecule has 0 aliphatic carbocycles. The van der Waals surface area contributed by atoms with Gasteiger partial charge in [0.05, 0.1) is 18.1 Å². The van der Waals surface area contributed by atoms with E-state index in [1.807, 2.05) is 54.2 Å². The number of methoxy groups -OCH3 is 1. The lowest BCUT2D eigenvalue weighted by atomic mass is 10.1. The molecule has 0 atom stereocenters. The molecule has 0 fully saturated rings. The fourth-order valence-corrected chi connectivity index (χ4v) is 3.27. The van der Waals surface area contributed by atoms with Crippen molar-refractivity contribution in [1.82, 2.24) is 29.9 Å². The molecule has 0 spiro atoms. The normalized spacial score (nSPS) is 11.2. The first-order valence-corrected chi connectivity index (χ1v) is 8.76. The summed E-state index contributed by atoms with van der Waals surface area (Å²) in [6.07, 6.45) is 3.52. The molecular weight excluding hydrogens is 354 g/mol. The number of rotatable bonds is 4. The number of hydrogen-bond acceptors (Lipinski definition) is 6. The molecule has 1 aromatic carbocycles. The predicted molar refractivity (Wildman–Crippen MR) is 108 cm³/mol. The minimum atomic E-state index is 0.579. The van der Waals surface area contributed by atoms with Crippen LogP contribution in [0.15, 0.2) is 54.9 Å². The first kappa shape index (κ1) is 16.2. The van der Waals surface area contributed by atoms with E-state index >= 15 is 0 Å². The third-order valence-electron chi connectivity index (χ3n) is 4.65. The van der Waals surface area contributed by atoms with Crippen molar-refractivity contribution >= 4 is 33.4 Å². The zero-order valence-corrected chi connectivity index (χ0v) is 15.3. The Balaban J connectivity index is 1.53. The van der Waals surface area contributed by atoms with Gasteiger partial charge < -0.3 is 10.1 Å². The maximum atomic E-state index is 5.14. The van der Waals surface area contributed by atoms with Gasteiger partial charge in [0, 0.05) is 42.1 Å². The Hall–Kier alpha value is -3.94.